The van der Waals surface area contributed by atoms with Gasteiger partial charge >= 0.3 is 0 Å². The molecule has 0 spiro atoms. The molecular formula is C20H25N7O. The number of guanidine groups is 1. The van der Waals surface area contributed by atoms with Gasteiger partial charge in [-0.15, -0.1) is 0 Å². The van der Waals surface area contributed by atoms with Gasteiger partial charge < -0.3 is 20.5 Å². The highest BCUT2D eigenvalue weighted by atomic mass is 16.2. The van der Waals surface area contributed by atoms with Crippen LogP contribution in [0.25, 0.3) is 0 Å². The lowest BCUT2D eigenvalue weighted by atomic mass is 10.2. The molecule has 0 atom stereocenters. The van der Waals surface area contributed by atoms with E-state index in [2.05, 4.69) is 30.6 Å². The van der Waals surface area contributed by atoms with Crippen LogP contribution in [0, 0.1) is 0 Å². The van der Waals surface area contributed by atoms with Crippen molar-refractivity contribution in [3.05, 3.63) is 72.8 Å². The first-order valence-electron chi connectivity index (χ1n) is 9.14. The second kappa shape index (κ2) is 9.96. The minimum Gasteiger partial charge on any atom is -0.355 e. The Balaban J connectivity index is 1.45. The third-order valence-electron chi connectivity index (χ3n) is 4.09. The van der Waals surface area contributed by atoms with Crippen LogP contribution < -0.4 is 16.0 Å². The third kappa shape index (κ3) is 6.01. The zero-order valence-electron chi connectivity index (χ0n) is 15.9. The fourth-order valence-corrected chi connectivity index (χ4v) is 2.73. The maximum Gasteiger partial charge on any atom is 0.246 e. The number of hydrogen-bond donors (Lipinski definition) is 3. The van der Waals surface area contributed by atoms with Crippen molar-refractivity contribution in [1.29, 1.82) is 0 Å². The number of aliphatic imine (C=N–C) groups is 1. The lowest BCUT2D eigenvalue weighted by Crippen LogP contribution is -2.38. The normalized spacial score (nSPS) is 11.2. The number of carbonyl (C=O) groups is 1. The number of nitrogens with zero attached hydrogens (tertiary/aromatic N) is 4. The van der Waals surface area contributed by atoms with Crippen molar-refractivity contribution in [2.45, 2.75) is 19.6 Å². The van der Waals surface area contributed by atoms with Crippen LogP contribution >= 0.6 is 0 Å². The summed E-state index contributed by atoms with van der Waals surface area (Å²) in [5.74, 6) is 0.622. The molecule has 0 fully saturated rings. The predicted octanol–water partition coefficient (Wildman–Crippen LogP) is 1.69. The van der Waals surface area contributed by atoms with E-state index in [9.17, 15) is 4.79 Å². The first-order valence-corrected chi connectivity index (χ1v) is 9.14. The largest absolute Gasteiger partial charge is 0.355 e. The van der Waals surface area contributed by atoms with Gasteiger partial charge in [-0.05, 0) is 35.9 Å². The van der Waals surface area contributed by atoms with Crippen LogP contribution in [0.2, 0.25) is 0 Å². The second-order valence-electron chi connectivity index (χ2n) is 6.23. The Morgan fingerprint density at radius 1 is 1.11 bits per heavy atom. The zero-order valence-corrected chi connectivity index (χ0v) is 15.9. The van der Waals surface area contributed by atoms with E-state index in [0.717, 1.165) is 30.3 Å². The van der Waals surface area contributed by atoms with Crippen molar-refractivity contribution in [2.24, 2.45) is 4.99 Å². The summed E-state index contributed by atoms with van der Waals surface area (Å²) in [6, 6.07) is 13.5. The number of benzene rings is 1. The van der Waals surface area contributed by atoms with Gasteiger partial charge in [0.25, 0.3) is 0 Å². The maximum absolute atomic E-state index is 12.1. The average Bonchev–Trinajstić information content (AvgIpc) is 3.39. The molecule has 8 nitrogen and oxygen atoms in total. The molecule has 2 heterocycles. The molecule has 28 heavy (non-hydrogen) atoms. The zero-order chi connectivity index (χ0) is 19.6. The SMILES string of the molecule is CN=C(NCCn1cccc1)NCc1cccc(NC(=O)Cn2cccn2)c1. The van der Waals surface area contributed by atoms with Crippen molar-refractivity contribution in [2.75, 3.05) is 18.9 Å². The van der Waals surface area contributed by atoms with Crippen LogP contribution in [0.15, 0.2) is 72.2 Å². The fraction of sp³-hybridized carbons (Fsp3) is 0.250. The van der Waals surface area contributed by atoms with E-state index in [0.29, 0.717) is 6.54 Å². The summed E-state index contributed by atoms with van der Waals surface area (Å²) in [7, 11) is 1.75. The van der Waals surface area contributed by atoms with Crippen LogP contribution in [-0.4, -0.2) is 39.8 Å². The summed E-state index contributed by atoms with van der Waals surface area (Å²) in [4.78, 5) is 16.3. The highest BCUT2D eigenvalue weighted by Crippen LogP contribution is 2.10. The molecule has 0 unspecified atom stereocenters. The molecule has 0 bridgehead atoms. The Morgan fingerprint density at radius 3 is 2.71 bits per heavy atom. The minimum absolute atomic E-state index is 0.115. The van der Waals surface area contributed by atoms with Crippen LogP contribution in [0.4, 0.5) is 5.69 Å². The molecule has 3 N–H and O–H groups in total. The van der Waals surface area contributed by atoms with Crippen LogP contribution in [0.3, 0.4) is 0 Å². The van der Waals surface area contributed by atoms with Gasteiger partial charge in [-0.2, -0.15) is 5.10 Å². The quantitative estimate of drug-likeness (QED) is 0.411. The molecule has 1 amide bonds. The molecular weight excluding hydrogens is 354 g/mol. The van der Waals surface area contributed by atoms with Gasteiger partial charge in [0, 0.05) is 57.2 Å². The topological polar surface area (TPSA) is 88.3 Å². The number of carbonyl (C=O) groups excluding carboxylic acids is 1. The molecule has 0 aliphatic carbocycles. The minimum atomic E-state index is -0.115. The van der Waals surface area contributed by atoms with Gasteiger partial charge in [-0.3, -0.25) is 14.5 Å². The molecule has 0 aliphatic rings. The van der Waals surface area contributed by atoms with Crippen molar-refractivity contribution in [3.8, 4) is 0 Å². The summed E-state index contributed by atoms with van der Waals surface area (Å²) >= 11 is 0. The molecule has 2 aromatic heterocycles. The van der Waals surface area contributed by atoms with E-state index in [4.69, 9.17) is 0 Å². The number of nitrogens with one attached hydrogen (secondary N) is 3. The number of aromatic nitrogens is 3. The number of rotatable bonds is 8. The second-order valence-corrected chi connectivity index (χ2v) is 6.23. The van der Waals surface area contributed by atoms with Crippen LogP contribution in [0.1, 0.15) is 5.56 Å². The standard InChI is InChI=1S/C20H25N7O/c1-21-20(22-9-13-26-10-2-3-11-26)23-15-17-6-4-7-18(14-17)25-19(28)16-27-12-5-8-24-27/h2-8,10-12,14H,9,13,15-16H2,1H3,(H,25,28)(H2,21,22,23). The fourth-order valence-electron chi connectivity index (χ4n) is 2.73. The molecule has 8 heteroatoms. The van der Waals surface area contributed by atoms with Crippen molar-refractivity contribution < 1.29 is 4.79 Å². The first-order chi connectivity index (χ1) is 13.7. The van der Waals surface area contributed by atoms with E-state index >= 15 is 0 Å². The smallest absolute Gasteiger partial charge is 0.246 e. The van der Waals surface area contributed by atoms with Gasteiger partial charge in [-0.1, -0.05) is 12.1 Å². The van der Waals surface area contributed by atoms with Crippen molar-refractivity contribution >= 4 is 17.6 Å². The average molecular weight is 379 g/mol. The van der Waals surface area contributed by atoms with E-state index in [1.807, 2.05) is 48.8 Å². The number of amides is 1. The Morgan fingerprint density at radius 2 is 1.96 bits per heavy atom. The lowest BCUT2D eigenvalue weighted by molar-refractivity contribution is -0.116. The van der Waals surface area contributed by atoms with Gasteiger partial charge in [0.1, 0.15) is 6.54 Å². The lowest BCUT2D eigenvalue weighted by Gasteiger charge is -2.13. The Bertz CT molecular complexity index is 885. The van der Waals surface area contributed by atoms with Gasteiger partial charge in [-0.25, -0.2) is 0 Å². The number of anilines is 1. The van der Waals surface area contributed by atoms with Crippen molar-refractivity contribution in [1.82, 2.24) is 25.0 Å². The predicted molar refractivity (Wildman–Crippen MR) is 110 cm³/mol. The monoisotopic (exact) mass is 379 g/mol. The van der Waals surface area contributed by atoms with E-state index in [-0.39, 0.29) is 12.5 Å². The molecule has 3 aromatic rings. The summed E-state index contributed by atoms with van der Waals surface area (Å²) in [6.07, 6.45) is 7.47. The van der Waals surface area contributed by atoms with E-state index < -0.39 is 0 Å². The first kappa shape index (κ1) is 19.2. The Kier molecular flexibility index (Phi) is 6.84. The van der Waals surface area contributed by atoms with Gasteiger partial charge in [0.05, 0.1) is 0 Å². The summed E-state index contributed by atoms with van der Waals surface area (Å²) in [5, 5.41) is 13.5. The summed E-state index contributed by atoms with van der Waals surface area (Å²) < 4.78 is 3.69. The summed E-state index contributed by atoms with van der Waals surface area (Å²) in [5.41, 5.74) is 1.80. The van der Waals surface area contributed by atoms with Crippen LogP contribution in [-0.2, 0) is 24.4 Å². The molecule has 0 radical (unpaired) electrons. The molecule has 0 saturated carbocycles. The molecule has 0 saturated heterocycles. The highest BCUT2D eigenvalue weighted by Gasteiger charge is 2.05. The van der Waals surface area contributed by atoms with Gasteiger partial charge in [0.2, 0.25) is 5.91 Å². The Labute approximate surface area is 164 Å². The highest BCUT2D eigenvalue weighted by molar-refractivity contribution is 5.90. The van der Waals surface area contributed by atoms with Crippen LogP contribution in [0.5, 0.6) is 0 Å². The third-order valence-corrected chi connectivity index (χ3v) is 4.09. The van der Waals surface area contributed by atoms with Crippen molar-refractivity contribution in [3.63, 3.8) is 0 Å². The Hall–Kier alpha value is -3.55. The molecule has 146 valence electrons. The number of hydrogen-bond acceptors (Lipinski definition) is 3. The van der Waals surface area contributed by atoms with E-state index in [1.165, 1.54) is 0 Å². The maximum atomic E-state index is 12.1. The van der Waals surface area contributed by atoms with E-state index in [1.54, 1.807) is 30.2 Å². The molecule has 1 aromatic carbocycles. The van der Waals surface area contributed by atoms with Gasteiger partial charge in [0.15, 0.2) is 5.96 Å². The molecule has 0 aliphatic heterocycles. The molecule has 3 rings (SSSR count). The summed E-state index contributed by atoms with van der Waals surface area (Å²) in [6.45, 7) is 2.43.